The average molecular weight is 143 g/mol. The van der Waals surface area contributed by atoms with Gasteiger partial charge in [-0.25, -0.2) is 4.39 Å². The average Bonchev–Trinajstić information content (AvgIpc) is 1.81. The molecule has 1 fully saturated rings. The lowest BCUT2D eigenvalue weighted by molar-refractivity contribution is -0.104. The van der Waals surface area contributed by atoms with E-state index < -0.39 is 5.67 Å². The summed E-state index contributed by atoms with van der Waals surface area (Å²) in [6.07, 6.45) is 3.13. The van der Waals surface area contributed by atoms with E-state index in [2.05, 4.69) is 0 Å². The number of nitrogens with zero attached hydrogens (tertiary/aromatic N) is 1. The van der Waals surface area contributed by atoms with E-state index in [1.54, 1.807) is 0 Å². The number of alkyl halides is 1. The first kappa shape index (κ1) is 7.41. The van der Waals surface area contributed by atoms with E-state index in [-0.39, 0.29) is 0 Å². The molecule has 1 aliphatic heterocycles. The third kappa shape index (κ3) is 1.42. The van der Waals surface area contributed by atoms with Crippen molar-refractivity contribution in [3.63, 3.8) is 0 Å². The van der Waals surface area contributed by atoms with Crippen LogP contribution in [0.3, 0.4) is 0 Å². The zero-order valence-electron chi connectivity index (χ0n) is 5.88. The molecule has 1 aliphatic rings. The summed E-state index contributed by atoms with van der Waals surface area (Å²) in [6, 6.07) is 0. The number of likely N-dealkylation sites (tertiary alicyclic amines) is 1. The minimum Gasteiger partial charge on any atom is -0.299 e. The fourth-order valence-corrected chi connectivity index (χ4v) is 1.17. The maximum Gasteiger partial charge on any atom is 0.154 e. The van der Waals surface area contributed by atoms with Crippen LogP contribution >= 0.6 is 0 Å². The number of hydrogen-bond acceptors (Lipinski definition) is 2. The third-order valence-electron chi connectivity index (χ3n) is 1.54. The Hall–Kier alpha value is -0.700. The van der Waals surface area contributed by atoms with Gasteiger partial charge in [-0.2, -0.15) is 0 Å². The van der Waals surface area contributed by atoms with Gasteiger partial charge in [-0.05, 0) is 19.2 Å². The van der Waals surface area contributed by atoms with Gasteiger partial charge in [-0.1, -0.05) is 0 Å². The highest BCUT2D eigenvalue weighted by molar-refractivity contribution is 5.65. The van der Waals surface area contributed by atoms with Crippen LogP contribution in [0.15, 0.2) is 12.2 Å². The molecular formula is C7H10FNO. The molecule has 1 rings (SSSR count). The minimum atomic E-state index is -1.24. The van der Waals surface area contributed by atoms with Crippen LogP contribution in [0.1, 0.15) is 0 Å². The lowest BCUT2D eigenvalue weighted by Crippen LogP contribution is -2.55. The zero-order chi connectivity index (χ0) is 7.61. The van der Waals surface area contributed by atoms with Crippen molar-refractivity contribution in [3.8, 4) is 0 Å². The lowest BCUT2D eigenvalue weighted by atomic mass is 9.97. The number of halogens is 1. The Morgan fingerprint density at radius 2 is 2.20 bits per heavy atom. The van der Waals surface area contributed by atoms with E-state index in [1.807, 2.05) is 11.9 Å². The Morgan fingerprint density at radius 1 is 1.60 bits per heavy atom. The summed E-state index contributed by atoms with van der Waals surface area (Å²) in [5.41, 5.74) is -1.24. The van der Waals surface area contributed by atoms with Gasteiger partial charge in [0.1, 0.15) is 6.29 Å². The molecule has 56 valence electrons. The highest BCUT2D eigenvalue weighted by atomic mass is 19.1. The van der Waals surface area contributed by atoms with Gasteiger partial charge in [0.2, 0.25) is 0 Å². The second kappa shape index (κ2) is 2.50. The topological polar surface area (TPSA) is 20.3 Å². The predicted octanol–water partition coefficient (Wildman–Crippen LogP) is 0.395. The van der Waals surface area contributed by atoms with Gasteiger partial charge in [0.25, 0.3) is 0 Å². The number of allylic oxidation sites excluding steroid dienone is 1. The number of carbonyl (C=O) groups excluding carboxylic acids is 1. The molecule has 0 saturated carbocycles. The molecule has 1 saturated heterocycles. The fourth-order valence-electron chi connectivity index (χ4n) is 1.17. The van der Waals surface area contributed by atoms with Crippen LogP contribution in [0.2, 0.25) is 0 Å². The van der Waals surface area contributed by atoms with E-state index in [9.17, 15) is 9.18 Å². The molecule has 0 aliphatic carbocycles. The Bertz CT molecular complexity index is 161. The van der Waals surface area contributed by atoms with E-state index in [1.165, 1.54) is 12.2 Å². The van der Waals surface area contributed by atoms with Gasteiger partial charge in [-0.15, -0.1) is 0 Å². The maximum atomic E-state index is 13.1. The molecule has 0 atom stereocenters. The first-order valence-electron chi connectivity index (χ1n) is 3.17. The summed E-state index contributed by atoms with van der Waals surface area (Å²) in [7, 11) is 1.84. The summed E-state index contributed by atoms with van der Waals surface area (Å²) in [4.78, 5) is 11.7. The SMILES string of the molecule is CN1CC(F)(C=CC=O)C1. The van der Waals surface area contributed by atoms with Crippen LogP contribution in [0.4, 0.5) is 4.39 Å². The molecule has 0 unspecified atom stereocenters. The second-order valence-corrected chi connectivity index (χ2v) is 2.70. The van der Waals surface area contributed by atoms with Crippen LogP contribution in [0.5, 0.6) is 0 Å². The van der Waals surface area contributed by atoms with Gasteiger partial charge in [0.15, 0.2) is 5.67 Å². The van der Waals surface area contributed by atoms with Crippen molar-refractivity contribution in [1.29, 1.82) is 0 Å². The number of aldehydes is 1. The third-order valence-corrected chi connectivity index (χ3v) is 1.54. The Balaban J connectivity index is 2.41. The molecule has 0 bridgehead atoms. The Morgan fingerprint density at radius 3 is 2.60 bits per heavy atom. The monoisotopic (exact) mass is 143 g/mol. The molecular weight excluding hydrogens is 133 g/mol. The molecule has 2 nitrogen and oxygen atoms in total. The molecule has 0 N–H and O–H groups in total. The molecule has 3 heteroatoms. The highest BCUT2D eigenvalue weighted by Gasteiger charge is 2.38. The van der Waals surface area contributed by atoms with Crippen LogP contribution in [0, 0.1) is 0 Å². The normalized spacial score (nSPS) is 24.6. The van der Waals surface area contributed by atoms with E-state index >= 15 is 0 Å². The molecule has 1 heterocycles. The van der Waals surface area contributed by atoms with Crippen molar-refractivity contribution < 1.29 is 9.18 Å². The van der Waals surface area contributed by atoms with Crippen LogP contribution in [0.25, 0.3) is 0 Å². The summed E-state index contributed by atoms with van der Waals surface area (Å²) >= 11 is 0. The van der Waals surface area contributed by atoms with Crippen LogP contribution in [-0.2, 0) is 4.79 Å². The zero-order valence-corrected chi connectivity index (χ0v) is 5.88. The number of hydrogen-bond donors (Lipinski definition) is 0. The van der Waals surface area contributed by atoms with E-state index in [0.29, 0.717) is 19.4 Å². The molecule has 0 amide bonds. The first-order valence-corrected chi connectivity index (χ1v) is 3.17. The summed E-state index contributed by atoms with van der Waals surface area (Å²) < 4.78 is 13.1. The summed E-state index contributed by atoms with van der Waals surface area (Å²) in [5.74, 6) is 0. The summed E-state index contributed by atoms with van der Waals surface area (Å²) in [5, 5.41) is 0. The quantitative estimate of drug-likeness (QED) is 0.412. The van der Waals surface area contributed by atoms with Gasteiger partial charge in [0.05, 0.1) is 0 Å². The Kier molecular flexibility index (Phi) is 1.85. The molecule has 0 aromatic rings. The molecule has 0 spiro atoms. The molecule has 0 aromatic heterocycles. The molecule has 0 aromatic carbocycles. The van der Waals surface area contributed by atoms with Crippen molar-refractivity contribution in [2.45, 2.75) is 5.67 Å². The standard InChI is InChI=1S/C7H10FNO/c1-9-5-7(8,6-9)3-2-4-10/h2-4H,5-6H2,1H3. The lowest BCUT2D eigenvalue weighted by Gasteiger charge is -2.39. The van der Waals surface area contributed by atoms with Crippen molar-refractivity contribution in [2.75, 3.05) is 20.1 Å². The number of rotatable bonds is 2. The first-order chi connectivity index (χ1) is 4.66. The number of carbonyl (C=O) groups is 1. The van der Waals surface area contributed by atoms with Crippen molar-refractivity contribution >= 4 is 6.29 Å². The predicted molar refractivity (Wildman–Crippen MR) is 36.5 cm³/mol. The largest absolute Gasteiger partial charge is 0.299 e. The smallest absolute Gasteiger partial charge is 0.154 e. The van der Waals surface area contributed by atoms with Gasteiger partial charge < -0.3 is 0 Å². The van der Waals surface area contributed by atoms with E-state index in [0.717, 1.165) is 0 Å². The second-order valence-electron chi connectivity index (χ2n) is 2.70. The van der Waals surface area contributed by atoms with Crippen LogP contribution in [-0.4, -0.2) is 37.0 Å². The molecule has 10 heavy (non-hydrogen) atoms. The van der Waals surface area contributed by atoms with Crippen LogP contribution < -0.4 is 0 Å². The fraction of sp³-hybridized carbons (Fsp3) is 0.571. The van der Waals surface area contributed by atoms with Gasteiger partial charge in [-0.3, -0.25) is 9.69 Å². The maximum absolute atomic E-state index is 13.1. The highest BCUT2D eigenvalue weighted by Crippen LogP contribution is 2.24. The van der Waals surface area contributed by atoms with Gasteiger partial charge in [0, 0.05) is 13.1 Å². The van der Waals surface area contributed by atoms with Gasteiger partial charge >= 0.3 is 0 Å². The molecule has 0 radical (unpaired) electrons. The van der Waals surface area contributed by atoms with Crippen molar-refractivity contribution in [2.24, 2.45) is 0 Å². The minimum absolute atomic E-state index is 0.400. The van der Waals surface area contributed by atoms with E-state index in [4.69, 9.17) is 0 Å². The Labute approximate surface area is 59.3 Å². The van der Waals surface area contributed by atoms with Crippen molar-refractivity contribution in [3.05, 3.63) is 12.2 Å². The summed E-state index contributed by atoms with van der Waals surface area (Å²) in [6.45, 7) is 0.800. The van der Waals surface area contributed by atoms with Crippen molar-refractivity contribution in [1.82, 2.24) is 4.90 Å².